The van der Waals surface area contributed by atoms with Crippen LogP contribution in [-0.2, 0) is 7.05 Å². The van der Waals surface area contributed by atoms with Gasteiger partial charge in [-0.15, -0.1) is 0 Å². The summed E-state index contributed by atoms with van der Waals surface area (Å²) in [6, 6.07) is 7.75. The molecule has 4 nitrogen and oxygen atoms in total. The number of hydrogen-bond donors (Lipinski definition) is 1. The fourth-order valence-electron chi connectivity index (χ4n) is 2.97. The normalized spacial score (nSPS) is 20.4. The highest BCUT2D eigenvalue weighted by molar-refractivity contribution is 5.89. The van der Waals surface area contributed by atoms with Gasteiger partial charge < -0.3 is 14.4 Å². The molecule has 24 heavy (non-hydrogen) atoms. The van der Waals surface area contributed by atoms with E-state index in [1.807, 2.05) is 49.4 Å². The van der Waals surface area contributed by atoms with Gasteiger partial charge in [0.05, 0.1) is 16.7 Å². The Morgan fingerprint density at radius 2 is 2.04 bits per heavy atom. The van der Waals surface area contributed by atoms with Crippen LogP contribution < -0.4 is 10.3 Å². The third-order valence-electron chi connectivity index (χ3n) is 4.28. The Labute approximate surface area is 141 Å². The second-order valence-electron chi connectivity index (χ2n) is 7.13. The summed E-state index contributed by atoms with van der Waals surface area (Å²) in [6.07, 6.45) is 8.05. The standard InChI is InChI=1S/C20H23NO3/c1-19(2,23)11-7-12-20(3)13-10-15-17(24-20)14-8-5-6-9-16(14)21(4)18(15)22/h5-11,13,23H,12H2,1-4H3. The van der Waals surface area contributed by atoms with E-state index >= 15 is 0 Å². The van der Waals surface area contributed by atoms with E-state index in [0.29, 0.717) is 17.7 Å². The summed E-state index contributed by atoms with van der Waals surface area (Å²) in [5.74, 6) is 0.635. The number of aliphatic hydroxyl groups is 1. The third kappa shape index (κ3) is 3.02. The smallest absolute Gasteiger partial charge is 0.261 e. The fourth-order valence-corrected chi connectivity index (χ4v) is 2.97. The predicted molar refractivity (Wildman–Crippen MR) is 97.3 cm³/mol. The molecule has 2 heterocycles. The molecule has 2 aromatic rings. The minimum Gasteiger partial charge on any atom is -0.482 e. The molecule has 1 N–H and O–H groups in total. The number of aromatic nitrogens is 1. The second-order valence-corrected chi connectivity index (χ2v) is 7.13. The van der Waals surface area contributed by atoms with Gasteiger partial charge in [-0.2, -0.15) is 0 Å². The van der Waals surface area contributed by atoms with E-state index in [4.69, 9.17) is 4.74 Å². The quantitative estimate of drug-likeness (QED) is 0.880. The maximum atomic E-state index is 12.6. The summed E-state index contributed by atoms with van der Waals surface area (Å²) in [5, 5.41) is 10.7. The van der Waals surface area contributed by atoms with Gasteiger partial charge in [0.25, 0.3) is 5.56 Å². The van der Waals surface area contributed by atoms with Crippen LogP contribution in [0.15, 0.2) is 47.3 Å². The van der Waals surface area contributed by atoms with Gasteiger partial charge in [-0.3, -0.25) is 4.79 Å². The van der Waals surface area contributed by atoms with Crippen LogP contribution in [0.5, 0.6) is 5.75 Å². The van der Waals surface area contributed by atoms with Crippen LogP contribution >= 0.6 is 0 Å². The summed E-state index contributed by atoms with van der Waals surface area (Å²) in [6.45, 7) is 5.44. The number of rotatable bonds is 3. The van der Waals surface area contributed by atoms with Crippen LogP contribution in [0, 0.1) is 0 Å². The number of aryl methyl sites for hydroxylation is 1. The molecule has 0 amide bonds. The van der Waals surface area contributed by atoms with Gasteiger partial charge in [0.1, 0.15) is 11.4 Å². The van der Waals surface area contributed by atoms with Gasteiger partial charge in [-0.05, 0) is 45.1 Å². The molecule has 4 heteroatoms. The minimum absolute atomic E-state index is 0.0611. The van der Waals surface area contributed by atoms with Crippen molar-refractivity contribution in [1.82, 2.24) is 4.57 Å². The molecule has 0 fully saturated rings. The van der Waals surface area contributed by atoms with E-state index in [0.717, 1.165) is 10.9 Å². The summed E-state index contributed by atoms with van der Waals surface area (Å²) < 4.78 is 7.90. The van der Waals surface area contributed by atoms with Crippen molar-refractivity contribution < 1.29 is 9.84 Å². The topological polar surface area (TPSA) is 51.5 Å². The number of nitrogens with zero attached hydrogens (tertiary/aromatic N) is 1. The zero-order valence-electron chi connectivity index (χ0n) is 14.5. The van der Waals surface area contributed by atoms with Crippen molar-refractivity contribution in [2.24, 2.45) is 7.05 Å². The maximum Gasteiger partial charge on any atom is 0.261 e. The molecule has 0 spiro atoms. The lowest BCUT2D eigenvalue weighted by atomic mass is 9.95. The first-order valence-electron chi connectivity index (χ1n) is 8.10. The number of fused-ring (bicyclic) bond motifs is 3. The predicted octanol–water partition coefficient (Wildman–Crippen LogP) is 3.42. The zero-order valence-corrected chi connectivity index (χ0v) is 14.5. The lowest BCUT2D eigenvalue weighted by Gasteiger charge is -2.32. The number of benzene rings is 1. The Morgan fingerprint density at radius 3 is 2.75 bits per heavy atom. The molecule has 1 atom stereocenters. The van der Waals surface area contributed by atoms with E-state index in [1.165, 1.54) is 0 Å². The van der Waals surface area contributed by atoms with Crippen LogP contribution in [0.3, 0.4) is 0 Å². The molecule has 1 aliphatic heterocycles. The van der Waals surface area contributed by atoms with Crippen molar-refractivity contribution in [1.29, 1.82) is 0 Å². The lowest BCUT2D eigenvalue weighted by Crippen LogP contribution is -2.34. The van der Waals surface area contributed by atoms with Crippen molar-refractivity contribution in [3.63, 3.8) is 0 Å². The van der Waals surface area contributed by atoms with Gasteiger partial charge >= 0.3 is 0 Å². The van der Waals surface area contributed by atoms with E-state index < -0.39 is 11.2 Å². The average Bonchev–Trinajstić information content (AvgIpc) is 2.51. The SMILES string of the molecule is Cn1c(=O)c2c(c3ccccc31)OC(C)(CC=CC(C)(C)O)C=C2. The summed E-state index contributed by atoms with van der Waals surface area (Å²) in [4.78, 5) is 12.6. The summed E-state index contributed by atoms with van der Waals surface area (Å²) in [5.41, 5.74) is -0.0285. The Morgan fingerprint density at radius 1 is 1.33 bits per heavy atom. The van der Waals surface area contributed by atoms with Crippen LogP contribution in [0.4, 0.5) is 0 Å². The number of pyridine rings is 1. The van der Waals surface area contributed by atoms with E-state index in [2.05, 4.69) is 0 Å². The average molecular weight is 325 g/mol. The highest BCUT2D eigenvalue weighted by atomic mass is 16.5. The monoisotopic (exact) mass is 325 g/mol. The molecule has 0 saturated heterocycles. The van der Waals surface area contributed by atoms with Gasteiger partial charge in [-0.25, -0.2) is 0 Å². The number of ether oxygens (including phenoxy) is 1. The molecule has 0 saturated carbocycles. The molecule has 1 aromatic carbocycles. The van der Waals surface area contributed by atoms with Crippen LogP contribution in [0.1, 0.15) is 32.8 Å². The van der Waals surface area contributed by atoms with E-state index in [-0.39, 0.29) is 5.56 Å². The molecule has 3 rings (SSSR count). The largest absolute Gasteiger partial charge is 0.482 e. The first-order valence-corrected chi connectivity index (χ1v) is 8.10. The highest BCUT2D eigenvalue weighted by Crippen LogP contribution is 2.36. The first-order chi connectivity index (χ1) is 11.2. The van der Waals surface area contributed by atoms with Crippen LogP contribution in [-0.4, -0.2) is 20.9 Å². The Bertz CT molecular complexity index is 899. The number of hydrogen-bond acceptors (Lipinski definition) is 3. The third-order valence-corrected chi connectivity index (χ3v) is 4.28. The van der Waals surface area contributed by atoms with Crippen molar-refractivity contribution >= 4 is 17.0 Å². The van der Waals surface area contributed by atoms with Crippen molar-refractivity contribution in [3.05, 3.63) is 58.4 Å². The van der Waals surface area contributed by atoms with Crippen molar-refractivity contribution in [2.75, 3.05) is 0 Å². The maximum absolute atomic E-state index is 12.6. The Hall–Kier alpha value is -2.33. The molecule has 0 radical (unpaired) electrons. The second kappa shape index (κ2) is 5.64. The van der Waals surface area contributed by atoms with Gasteiger partial charge in [0, 0.05) is 18.9 Å². The summed E-state index contributed by atoms with van der Waals surface area (Å²) in [7, 11) is 1.78. The minimum atomic E-state index is -0.852. The first kappa shape index (κ1) is 16.5. The Balaban J connectivity index is 2.05. The van der Waals surface area contributed by atoms with Crippen molar-refractivity contribution in [2.45, 2.75) is 38.4 Å². The molecule has 0 aliphatic carbocycles. The van der Waals surface area contributed by atoms with Gasteiger partial charge in [-0.1, -0.05) is 24.3 Å². The van der Waals surface area contributed by atoms with Crippen molar-refractivity contribution in [3.8, 4) is 5.75 Å². The lowest BCUT2D eigenvalue weighted by molar-refractivity contribution is 0.128. The van der Waals surface area contributed by atoms with Gasteiger partial charge in [0.15, 0.2) is 0 Å². The van der Waals surface area contributed by atoms with Gasteiger partial charge in [0.2, 0.25) is 0 Å². The fraction of sp³-hybridized carbons (Fsp3) is 0.350. The van der Waals surface area contributed by atoms with E-state index in [9.17, 15) is 9.90 Å². The highest BCUT2D eigenvalue weighted by Gasteiger charge is 2.29. The number of para-hydroxylation sites is 1. The molecular formula is C20H23NO3. The molecule has 126 valence electrons. The molecule has 0 bridgehead atoms. The molecule has 1 unspecified atom stereocenters. The van der Waals surface area contributed by atoms with E-state index in [1.54, 1.807) is 31.5 Å². The van der Waals surface area contributed by atoms with Crippen LogP contribution in [0.25, 0.3) is 17.0 Å². The summed E-state index contributed by atoms with van der Waals surface area (Å²) >= 11 is 0. The molecular weight excluding hydrogens is 302 g/mol. The molecule has 1 aliphatic rings. The van der Waals surface area contributed by atoms with Crippen LogP contribution in [0.2, 0.25) is 0 Å². The molecule has 1 aromatic heterocycles. The zero-order chi connectivity index (χ0) is 17.5. The Kier molecular flexibility index (Phi) is 3.88.